The number of ether oxygens (including phenoxy) is 2. The van der Waals surface area contributed by atoms with Gasteiger partial charge in [-0.25, -0.2) is 13.1 Å². The number of nitrogens with zero attached hydrogens (tertiary/aromatic N) is 4. The lowest BCUT2D eigenvalue weighted by Crippen LogP contribution is -2.55. The molecule has 0 radical (unpaired) electrons. The lowest BCUT2D eigenvalue weighted by atomic mass is 9.72. The monoisotopic (exact) mass is 965 g/mol. The number of piperazine rings is 1. The number of hydrogen-bond acceptors (Lipinski definition) is 12. The van der Waals surface area contributed by atoms with Crippen LogP contribution in [-0.2, 0) is 14.8 Å². The van der Waals surface area contributed by atoms with Crippen LogP contribution in [0.25, 0.3) is 16.5 Å². The van der Waals surface area contributed by atoms with Gasteiger partial charge in [-0.3, -0.25) is 19.8 Å². The number of carbonyl (C=O) groups excluding carboxylic acids is 1. The van der Waals surface area contributed by atoms with Gasteiger partial charge in [-0.2, -0.15) is 0 Å². The van der Waals surface area contributed by atoms with Crippen molar-refractivity contribution in [2.45, 2.75) is 81.8 Å². The summed E-state index contributed by atoms with van der Waals surface area (Å²) in [6.07, 6.45) is 8.37. The van der Waals surface area contributed by atoms with Gasteiger partial charge in [0, 0.05) is 105 Å². The van der Waals surface area contributed by atoms with E-state index in [-0.39, 0.29) is 41.1 Å². The first kappa shape index (κ1) is 47.6. The molecule has 4 heterocycles. The number of likely N-dealkylation sites (tertiary alicyclic amines) is 1. The van der Waals surface area contributed by atoms with E-state index in [9.17, 15) is 28.4 Å². The van der Waals surface area contributed by atoms with Gasteiger partial charge < -0.3 is 34.7 Å². The Morgan fingerprint density at radius 2 is 1.75 bits per heavy atom. The average molecular weight is 967 g/mol. The highest BCUT2D eigenvalue weighted by molar-refractivity contribution is 7.90. The maximum atomic E-state index is 14.1. The summed E-state index contributed by atoms with van der Waals surface area (Å²) in [5.41, 5.74) is 5.45. The fraction of sp³-hybridized carbons (Fsp3) is 0.431. The number of H-pyrrole nitrogens is 1. The average Bonchev–Trinajstić information content (AvgIpc) is 3.81. The van der Waals surface area contributed by atoms with E-state index in [4.69, 9.17) is 21.1 Å². The molecule has 3 saturated heterocycles. The number of fused-ring (bicyclic) bond motifs is 1. The van der Waals surface area contributed by atoms with Gasteiger partial charge in [0.25, 0.3) is 21.6 Å². The maximum Gasteiger partial charge on any atom is 0.293 e. The van der Waals surface area contributed by atoms with Crippen LogP contribution in [0.5, 0.6) is 11.5 Å². The van der Waals surface area contributed by atoms with Crippen molar-refractivity contribution in [3.8, 4) is 11.5 Å². The summed E-state index contributed by atoms with van der Waals surface area (Å²) in [5.74, 6) is -0.421. The van der Waals surface area contributed by atoms with Crippen LogP contribution in [0, 0.1) is 15.5 Å². The van der Waals surface area contributed by atoms with E-state index in [1.54, 1.807) is 18.2 Å². The first-order valence-corrected chi connectivity index (χ1v) is 25.5. The van der Waals surface area contributed by atoms with Crippen LogP contribution in [0.3, 0.4) is 0 Å². The summed E-state index contributed by atoms with van der Waals surface area (Å²) in [7, 11) is -4.60. The van der Waals surface area contributed by atoms with E-state index < -0.39 is 31.4 Å². The van der Waals surface area contributed by atoms with Crippen molar-refractivity contribution >= 4 is 61.1 Å². The molecule has 1 aromatic heterocycles. The first-order valence-electron chi connectivity index (χ1n) is 23.6. The Morgan fingerprint density at radius 1 is 0.971 bits per heavy atom. The Kier molecular flexibility index (Phi) is 14.2. The highest BCUT2D eigenvalue weighted by Crippen LogP contribution is 2.44. The molecule has 68 heavy (non-hydrogen) atoms. The molecule has 0 saturated carbocycles. The van der Waals surface area contributed by atoms with Crippen LogP contribution in [0.4, 0.5) is 17.1 Å². The summed E-state index contributed by atoms with van der Waals surface area (Å²) in [6, 6.07) is 24.3. The number of anilines is 2. The largest absolute Gasteiger partial charge is 0.456 e. The van der Waals surface area contributed by atoms with Gasteiger partial charge in [-0.1, -0.05) is 43.2 Å². The quantitative estimate of drug-likeness (QED) is 0.0614. The van der Waals surface area contributed by atoms with Crippen molar-refractivity contribution in [3.05, 3.63) is 123 Å². The SMILES string of the molecule is CC1(C)CCC(CN2CCN(c3ccc(C(=O)NS(=O)(=O)c4ccc(NC5CCN(C6CCOCC6)CC5)c([N+](=O)[O-])c4)c(Oc4ccc5[nH]ccc5c4)c3)CC2CO)=C(c2ccc(Cl)cc2)C1. The molecule has 3 aliphatic heterocycles. The van der Waals surface area contributed by atoms with Crippen molar-refractivity contribution < 1.29 is 32.7 Å². The number of nitro benzene ring substituents is 1. The predicted molar refractivity (Wildman–Crippen MR) is 265 cm³/mol. The second-order valence-electron chi connectivity index (χ2n) is 19.4. The predicted octanol–water partition coefficient (Wildman–Crippen LogP) is 8.84. The molecule has 1 atom stereocenters. The molecule has 360 valence electrons. The molecule has 0 spiro atoms. The van der Waals surface area contributed by atoms with E-state index in [1.165, 1.54) is 34.9 Å². The van der Waals surface area contributed by atoms with E-state index in [2.05, 4.69) is 55.7 Å². The Morgan fingerprint density at radius 3 is 2.50 bits per heavy atom. The minimum absolute atomic E-state index is 0.0225. The molecular weight excluding hydrogens is 906 g/mol. The number of aliphatic hydroxyl groups is 1. The fourth-order valence-corrected chi connectivity index (χ4v) is 11.4. The van der Waals surface area contributed by atoms with Crippen molar-refractivity contribution in [2.24, 2.45) is 5.41 Å². The van der Waals surface area contributed by atoms with Gasteiger partial charge in [0.15, 0.2) is 0 Å². The number of nitrogens with one attached hydrogen (secondary N) is 3. The molecule has 3 fully saturated rings. The molecule has 0 bridgehead atoms. The Balaban J connectivity index is 0.928. The Bertz CT molecular complexity index is 2780. The number of aliphatic hydroxyl groups excluding tert-OH is 1. The number of allylic oxidation sites excluding steroid dienone is 1. The summed E-state index contributed by atoms with van der Waals surface area (Å²) in [6.45, 7) is 10.3. The summed E-state index contributed by atoms with van der Waals surface area (Å²) >= 11 is 6.27. The van der Waals surface area contributed by atoms with Crippen LogP contribution < -0.4 is 19.7 Å². The normalized spacial score (nSPS) is 20.1. The minimum Gasteiger partial charge on any atom is -0.456 e. The van der Waals surface area contributed by atoms with Gasteiger partial charge in [-0.05, 0) is 122 Å². The molecule has 1 aliphatic carbocycles. The summed E-state index contributed by atoms with van der Waals surface area (Å²) in [5, 5.41) is 28.0. The van der Waals surface area contributed by atoms with Crippen molar-refractivity contribution in [3.63, 3.8) is 0 Å². The van der Waals surface area contributed by atoms with Crippen LogP contribution in [0.2, 0.25) is 5.02 Å². The third kappa shape index (κ3) is 10.9. The van der Waals surface area contributed by atoms with Gasteiger partial charge in [0.05, 0.1) is 28.0 Å². The molecule has 4 aliphatic rings. The molecule has 1 unspecified atom stereocenters. The topological polar surface area (TPSA) is 183 Å². The highest BCUT2D eigenvalue weighted by atomic mass is 35.5. The fourth-order valence-electron chi connectivity index (χ4n) is 10.3. The number of rotatable bonds is 14. The van der Waals surface area contributed by atoms with Crippen LogP contribution in [0.1, 0.15) is 74.7 Å². The second kappa shape index (κ2) is 20.2. The van der Waals surface area contributed by atoms with Crippen LogP contribution in [-0.4, -0.2) is 116 Å². The molecule has 9 rings (SSSR count). The van der Waals surface area contributed by atoms with E-state index in [0.717, 1.165) is 100 Å². The number of nitro groups is 1. The molecule has 4 aromatic carbocycles. The third-order valence-corrected chi connectivity index (χ3v) is 15.8. The maximum absolute atomic E-state index is 14.1. The second-order valence-corrected chi connectivity index (χ2v) is 21.5. The number of aromatic amines is 1. The van der Waals surface area contributed by atoms with Crippen molar-refractivity contribution in [1.29, 1.82) is 0 Å². The summed E-state index contributed by atoms with van der Waals surface area (Å²) in [4.78, 5) is 35.5. The number of amides is 1. The molecule has 17 heteroatoms. The van der Waals surface area contributed by atoms with Gasteiger partial charge in [0.2, 0.25) is 0 Å². The standard InChI is InChI=1S/C51H60ClN7O8S/c1-51(2)19-13-36(45(30-51)34-3-5-37(52)6-4-34)31-57-23-24-58(32-41(57)33-60)40-7-10-44(49(28-40)67-42-8-11-46-35(27-42)14-20-53-46)50(61)55-68(64,65)43-9-12-47(48(29-43)59(62)63)54-38-15-21-56(22-16-38)39-17-25-66-26-18-39/h3-12,14,20,27-29,38-39,41,53-54,60H,13,15-19,21-26,30-33H2,1-2H3,(H,55,61). The molecular formula is C51H60ClN7O8S. The molecule has 1 amide bonds. The van der Waals surface area contributed by atoms with Crippen molar-refractivity contribution in [1.82, 2.24) is 19.5 Å². The molecule has 5 aromatic rings. The highest BCUT2D eigenvalue weighted by Gasteiger charge is 2.34. The molecule has 15 nitrogen and oxygen atoms in total. The van der Waals surface area contributed by atoms with E-state index in [0.29, 0.717) is 36.4 Å². The van der Waals surface area contributed by atoms with Crippen LogP contribution in [0.15, 0.2) is 102 Å². The Labute approximate surface area is 402 Å². The molecule has 4 N–H and O–H groups in total. The zero-order chi connectivity index (χ0) is 47.6. The van der Waals surface area contributed by atoms with Crippen LogP contribution >= 0.6 is 11.6 Å². The lowest BCUT2D eigenvalue weighted by molar-refractivity contribution is -0.384. The first-order chi connectivity index (χ1) is 32.7. The van der Waals surface area contributed by atoms with Gasteiger partial charge >= 0.3 is 0 Å². The minimum atomic E-state index is -4.60. The number of aromatic nitrogens is 1. The smallest absolute Gasteiger partial charge is 0.293 e. The summed E-state index contributed by atoms with van der Waals surface area (Å²) < 4.78 is 41.9. The zero-order valence-electron chi connectivity index (χ0n) is 38.6. The third-order valence-electron chi connectivity index (χ3n) is 14.2. The van der Waals surface area contributed by atoms with E-state index >= 15 is 0 Å². The number of benzene rings is 4. The number of sulfonamides is 1. The van der Waals surface area contributed by atoms with Gasteiger partial charge in [-0.15, -0.1) is 0 Å². The zero-order valence-corrected chi connectivity index (χ0v) is 40.2. The number of halogens is 1. The number of hydrogen-bond donors (Lipinski definition) is 4. The number of carbonyl (C=O) groups is 1. The lowest BCUT2D eigenvalue weighted by Gasteiger charge is -2.43. The van der Waals surface area contributed by atoms with Gasteiger partial charge in [0.1, 0.15) is 17.2 Å². The number of piperidine rings is 1. The van der Waals surface area contributed by atoms with Crippen molar-refractivity contribution in [2.75, 3.05) is 69.3 Å². The Hall–Kier alpha value is -5.49. The van der Waals surface area contributed by atoms with E-state index in [1.807, 2.05) is 36.5 Å².